The lowest BCUT2D eigenvalue weighted by Crippen LogP contribution is -2.27. The van der Waals surface area contributed by atoms with Crippen LogP contribution in [-0.4, -0.2) is 23.8 Å². The third kappa shape index (κ3) is 4.14. The van der Waals surface area contributed by atoms with Gasteiger partial charge < -0.3 is 10.2 Å². The lowest BCUT2D eigenvalue weighted by molar-refractivity contribution is 0.0988. The highest BCUT2D eigenvalue weighted by Crippen LogP contribution is 2.16. The van der Waals surface area contributed by atoms with E-state index in [0.29, 0.717) is 5.69 Å². The van der Waals surface area contributed by atoms with E-state index in [1.165, 1.54) is 29.2 Å². The number of aromatic nitrogens is 1. The first-order chi connectivity index (χ1) is 13.0. The van der Waals surface area contributed by atoms with E-state index in [9.17, 15) is 18.4 Å². The topological polar surface area (TPSA) is 62.3 Å². The van der Waals surface area contributed by atoms with E-state index in [1.54, 1.807) is 31.3 Å². The van der Waals surface area contributed by atoms with Gasteiger partial charge in [0.15, 0.2) is 11.6 Å². The van der Waals surface area contributed by atoms with Crippen LogP contribution < -0.4 is 10.2 Å². The highest BCUT2D eigenvalue weighted by Gasteiger charge is 2.17. The van der Waals surface area contributed by atoms with Crippen LogP contribution in [0.5, 0.6) is 0 Å². The Morgan fingerprint density at radius 2 is 1.59 bits per heavy atom. The van der Waals surface area contributed by atoms with Crippen LogP contribution in [0.15, 0.2) is 66.7 Å². The SMILES string of the molecule is CN(C(=O)c1cccc(C(=O)Nc2ccc(F)c(F)c2)n1)c1ccccc1. The smallest absolute Gasteiger partial charge is 0.276 e. The van der Waals surface area contributed by atoms with Crippen molar-refractivity contribution in [2.75, 3.05) is 17.3 Å². The largest absolute Gasteiger partial charge is 0.321 e. The fraction of sp³-hybridized carbons (Fsp3) is 0.0500. The molecule has 0 aliphatic heterocycles. The number of carbonyl (C=O) groups is 2. The van der Waals surface area contributed by atoms with E-state index in [0.717, 1.165) is 12.1 Å². The summed E-state index contributed by atoms with van der Waals surface area (Å²) in [7, 11) is 1.60. The average Bonchev–Trinajstić information content (AvgIpc) is 2.70. The first kappa shape index (κ1) is 18.2. The number of anilines is 2. The number of hydrogen-bond donors (Lipinski definition) is 1. The van der Waals surface area contributed by atoms with Gasteiger partial charge in [0, 0.05) is 24.5 Å². The number of amides is 2. The number of benzene rings is 2. The Bertz CT molecular complexity index is 994. The summed E-state index contributed by atoms with van der Waals surface area (Å²) in [6, 6.07) is 16.5. The second-order valence-corrected chi connectivity index (χ2v) is 5.69. The molecule has 0 spiro atoms. The molecule has 3 rings (SSSR count). The minimum atomic E-state index is -1.07. The zero-order valence-electron chi connectivity index (χ0n) is 14.3. The van der Waals surface area contributed by atoms with Crippen LogP contribution >= 0.6 is 0 Å². The number of halogens is 2. The normalized spacial score (nSPS) is 10.3. The van der Waals surface area contributed by atoms with Crippen molar-refractivity contribution in [3.8, 4) is 0 Å². The zero-order valence-corrected chi connectivity index (χ0v) is 14.3. The molecule has 3 aromatic rings. The summed E-state index contributed by atoms with van der Waals surface area (Å²) in [6.45, 7) is 0. The number of hydrogen-bond acceptors (Lipinski definition) is 3. The van der Waals surface area contributed by atoms with Crippen LogP contribution in [0.2, 0.25) is 0 Å². The molecular weight excluding hydrogens is 352 g/mol. The van der Waals surface area contributed by atoms with Gasteiger partial charge in [0.25, 0.3) is 11.8 Å². The fourth-order valence-electron chi connectivity index (χ4n) is 2.39. The van der Waals surface area contributed by atoms with Crippen molar-refractivity contribution in [1.29, 1.82) is 0 Å². The van der Waals surface area contributed by atoms with Crippen molar-refractivity contribution >= 4 is 23.2 Å². The molecule has 7 heteroatoms. The Balaban J connectivity index is 1.79. The minimum absolute atomic E-state index is 0.0213. The Kier molecular flexibility index (Phi) is 5.21. The van der Waals surface area contributed by atoms with Gasteiger partial charge in [-0.3, -0.25) is 9.59 Å². The third-order valence-corrected chi connectivity index (χ3v) is 3.83. The molecule has 0 fully saturated rings. The molecule has 1 heterocycles. The van der Waals surface area contributed by atoms with E-state index in [4.69, 9.17) is 0 Å². The van der Waals surface area contributed by atoms with E-state index in [-0.39, 0.29) is 23.0 Å². The minimum Gasteiger partial charge on any atom is -0.321 e. The van der Waals surface area contributed by atoms with Crippen LogP contribution in [0.4, 0.5) is 20.2 Å². The van der Waals surface area contributed by atoms with Crippen molar-refractivity contribution in [2.24, 2.45) is 0 Å². The van der Waals surface area contributed by atoms with Gasteiger partial charge in [-0.05, 0) is 36.4 Å². The molecule has 136 valence electrons. The molecule has 0 aliphatic carbocycles. The quantitative estimate of drug-likeness (QED) is 0.761. The van der Waals surface area contributed by atoms with Crippen molar-refractivity contribution in [3.05, 3.63) is 89.8 Å². The maximum Gasteiger partial charge on any atom is 0.276 e. The van der Waals surface area contributed by atoms with Gasteiger partial charge in [-0.2, -0.15) is 0 Å². The van der Waals surface area contributed by atoms with Crippen molar-refractivity contribution < 1.29 is 18.4 Å². The van der Waals surface area contributed by atoms with E-state index in [1.807, 2.05) is 6.07 Å². The molecule has 2 aromatic carbocycles. The molecule has 0 saturated carbocycles. The van der Waals surface area contributed by atoms with Gasteiger partial charge in [0.05, 0.1) is 0 Å². The Hall–Kier alpha value is -3.61. The Labute approximate surface area is 154 Å². The summed E-state index contributed by atoms with van der Waals surface area (Å²) in [5, 5.41) is 2.42. The number of nitrogens with zero attached hydrogens (tertiary/aromatic N) is 2. The van der Waals surface area contributed by atoms with Crippen LogP contribution in [-0.2, 0) is 0 Å². The first-order valence-electron chi connectivity index (χ1n) is 8.02. The maximum atomic E-state index is 13.3. The van der Waals surface area contributed by atoms with Crippen LogP contribution in [0, 0.1) is 11.6 Å². The molecule has 5 nitrogen and oxygen atoms in total. The van der Waals surface area contributed by atoms with E-state index in [2.05, 4.69) is 10.3 Å². The summed E-state index contributed by atoms with van der Waals surface area (Å²) in [5.74, 6) is -3.11. The standard InChI is InChI=1S/C20H15F2N3O2/c1-25(14-6-3-2-4-7-14)20(27)18-9-5-8-17(24-18)19(26)23-13-10-11-15(21)16(22)12-13/h2-12H,1H3,(H,23,26). The lowest BCUT2D eigenvalue weighted by Gasteiger charge is -2.17. The van der Waals surface area contributed by atoms with Gasteiger partial charge in [0.1, 0.15) is 11.4 Å². The monoisotopic (exact) mass is 367 g/mol. The Morgan fingerprint density at radius 1 is 0.889 bits per heavy atom. The van der Waals surface area contributed by atoms with Gasteiger partial charge in [-0.1, -0.05) is 24.3 Å². The molecule has 0 saturated heterocycles. The number of para-hydroxylation sites is 1. The average molecular weight is 367 g/mol. The van der Waals surface area contributed by atoms with Gasteiger partial charge in [0.2, 0.25) is 0 Å². The highest BCUT2D eigenvalue weighted by atomic mass is 19.2. The highest BCUT2D eigenvalue weighted by molar-refractivity contribution is 6.06. The summed E-state index contributed by atoms with van der Waals surface area (Å²) in [4.78, 5) is 30.4. The number of nitrogens with one attached hydrogen (secondary N) is 1. The summed E-state index contributed by atoms with van der Waals surface area (Å²) < 4.78 is 26.2. The van der Waals surface area contributed by atoms with Crippen molar-refractivity contribution in [3.63, 3.8) is 0 Å². The molecule has 0 unspecified atom stereocenters. The predicted molar refractivity (Wildman–Crippen MR) is 97.7 cm³/mol. The zero-order chi connectivity index (χ0) is 19.4. The van der Waals surface area contributed by atoms with Crippen LogP contribution in [0.1, 0.15) is 21.0 Å². The molecule has 27 heavy (non-hydrogen) atoms. The van der Waals surface area contributed by atoms with Crippen LogP contribution in [0.3, 0.4) is 0 Å². The summed E-state index contributed by atoms with van der Waals surface area (Å²) in [6.07, 6.45) is 0. The van der Waals surface area contributed by atoms with Gasteiger partial charge in [-0.15, -0.1) is 0 Å². The van der Waals surface area contributed by atoms with Crippen molar-refractivity contribution in [2.45, 2.75) is 0 Å². The molecule has 1 N–H and O–H groups in total. The summed E-state index contributed by atoms with van der Waals surface area (Å²) >= 11 is 0. The van der Waals surface area contributed by atoms with Crippen LogP contribution in [0.25, 0.3) is 0 Å². The number of carbonyl (C=O) groups excluding carboxylic acids is 2. The molecule has 0 bridgehead atoms. The molecule has 0 radical (unpaired) electrons. The third-order valence-electron chi connectivity index (χ3n) is 3.83. The van der Waals surface area contributed by atoms with E-state index >= 15 is 0 Å². The molecule has 2 amide bonds. The first-order valence-corrected chi connectivity index (χ1v) is 8.02. The molecule has 0 aliphatic rings. The molecule has 1 aromatic heterocycles. The number of pyridine rings is 1. The lowest BCUT2D eigenvalue weighted by atomic mass is 10.2. The second kappa shape index (κ2) is 7.74. The van der Waals surface area contributed by atoms with Gasteiger partial charge in [-0.25, -0.2) is 13.8 Å². The van der Waals surface area contributed by atoms with E-state index < -0.39 is 17.5 Å². The summed E-state index contributed by atoms with van der Waals surface area (Å²) in [5.41, 5.74) is 0.825. The van der Waals surface area contributed by atoms with Crippen molar-refractivity contribution in [1.82, 2.24) is 4.98 Å². The number of rotatable bonds is 4. The molecular formula is C20H15F2N3O2. The maximum absolute atomic E-state index is 13.3. The fourth-order valence-corrected chi connectivity index (χ4v) is 2.39. The Morgan fingerprint density at radius 3 is 2.30 bits per heavy atom. The van der Waals surface area contributed by atoms with Gasteiger partial charge >= 0.3 is 0 Å². The predicted octanol–water partition coefficient (Wildman–Crippen LogP) is 3.89. The molecule has 0 atom stereocenters. The second-order valence-electron chi connectivity index (χ2n) is 5.69.